The van der Waals surface area contributed by atoms with Gasteiger partial charge >= 0.3 is 0 Å². The predicted molar refractivity (Wildman–Crippen MR) is 44.5 cm³/mol. The molecule has 0 atom stereocenters. The molecule has 0 fully saturated rings. The average molecular weight is 148 g/mol. The third kappa shape index (κ3) is 6.35. The summed E-state index contributed by atoms with van der Waals surface area (Å²) in [4.78, 5) is 0. The van der Waals surface area contributed by atoms with Crippen molar-refractivity contribution >= 4 is 18.4 Å². The first-order chi connectivity index (χ1) is 3.63. The van der Waals surface area contributed by atoms with E-state index in [2.05, 4.69) is 37.3 Å². The van der Waals surface area contributed by atoms with Crippen LogP contribution in [0.4, 0.5) is 0 Å². The maximum absolute atomic E-state index is 2.38. The highest BCUT2D eigenvalue weighted by atomic mass is 29.2. The van der Waals surface area contributed by atoms with Gasteiger partial charge < -0.3 is 9.13 Å². The van der Waals surface area contributed by atoms with Gasteiger partial charge in [0.25, 0.3) is 0 Å². The molecular weight excluding hydrogens is 132 g/mol. The maximum atomic E-state index is 2.38. The minimum absolute atomic E-state index is 0.197. The first-order valence-corrected chi connectivity index (χ1v) is 8.19. The molecule has 0 aromatic carbocycles. The zero-order valence-corrected chi connectivity index (χ0v) is 9.14. The number of hydrogen-bond donors (Lipinski definition) is 0. The van der Waals surface area contributed by atoms with Crippen LogP contribution in [0.3, 0.4) is 0 Å². The topological polar surface area (TPSA) is 6.48 Å². The van der Waals surface area contributed by atoms with Crippen LogP contribution in [0.2, 0.25) is 0 Å². The van der Waals surface area contributed by atoms with Crippen LogP contribution in [0, 0.1) is 0 Å². The van der Waals surface area contributed by atoms with E-state index in [4.69, 9.17) is 0 Å². The fraction of sp³-hybridized carbons (Fsp3) is 1.00. The molecule has 0 rings (SSSR count). The third-order valence-corrected chi connectivity index (χ3v) is 8.95. The number of nitrogens with zero attached hydrogens (tertiary/aromatic N) is 2. The summed E-state index contributed by atoms with van der Waals surface area (Å²) < 4.78 is 4.76. The first kappa shape index (κ1) is 8.35. The molecule has 0 aromatic rings. The van der Waals surface area contributed by atoms with Gasteiger partial charge in [-0.15, -0.1) is 0 Å². The Morgan fingerprint density at radius 1 is 0.750 bits per heavy atom. The molecule has 0 saturated heterocycles. The van der Waals surface area contributed by atoms with Crippen LogP contribution in [-0.2, 0) is 0 Å². The minimum Gasteiger partial charge on any atom is -0.336 e. The molecule has 0 radical (unpaired) electrons. The van der Waals surface area contributed by atoms with Crippen molar-refractivity contribution in [2.45, 2.75) is 0 Å². The quantitative estimate of drug-likeness (QED) is 0.436. The van der Waals surface area contributed by atoms with Crippen LogP contribution in [0.5, 0.6) is 0 Å². The van der Waals surface area contributed by atoms with E-state index in [0.717, 1.165) is 0 Å². The Balaban J connectivity index is 2.93. The summed E-state index contributed by atoms with van der Waals surface area (Å²) in [5.41, 5.74) is 0. The second kappa shape index (κ2) is 4.25. The van der Waals surface area contributed by atoms with Gasteiger partial charge in [-0.3, -0.25) is 0 Å². The van der Waals surface area contributed by atoms with Gasteiger partial charge in [0.1, 0.15) is 0 Å². The summed E-state index contributed by atoms with van der Waals surface area (Å²) in [7, 11) is 9.13. The van der Waals surface area contributed by atoms with Crippen molar-refractivity contribution in [3.8, 4) is 0 Å². The Morgan fingerprint density at radius 2 is 1.00 bits per heavy atom. The highest BCUT2D eigenvalue weighted by Crippen LogP contribution is 1.69. The van der Waals surface area contributed by atoms with E-state index in [0.29, 0.717) is 0 Å². The van der Waals surface area contributed by atoms with Gasteiger partial charge in [-0.2, -0.15) is 0 Å². The zero-order chi connectivity index (χ0) is 6.57. The molecule has 50 valence electrons. The molecule has 8 heavy (non-hydrogen) atoms. The van der Waals surface area contributed by atoms with Gasteiger partial charge in [-0.25, -0.2) is 0 Å². The molecule has 0 spiro atoms. The summed E-state index contributed by atoms with van der Waals surface area (Å²) in [6.07, 6.45) is 0. The van der Waals surface area contributed by atoms with Crippen LogP contribution < -0.4 is 0 Å². The molecule has 4 heteroatoms. The van der Waals surface area contributed by atoms with Crippen LogP contribution in [0.25, 0.3) is 0 Å². The molecule has 0 heterocycles. The van der Waals surface area contributed by atoms with E-state index < -0.39 is 0 Å². The van der Waals surface area contributed by atoms with E-state index in [1.165, 1.54) is 0 Å². The molecule has 0 aliphatic heterocycles. The van der Waals surface area contributed by atoms with Gasteiger partial charge in [-0.1, -0.05) is 0 Å². The van der Waals surface area contributed by atoms with E-state index in [9.17, 15) is 0 Å². The van der Waals surface area contributed by atoms with Crippen molar-refractivity contribution in [1.82, 2.24) is 9.13 Å². The SMILES string of the molecule is CN(C)[SiH2][SiH2]N(C)C. The van der Waals surface area contributed by atoms with Crippen molar-refractivity contribution in [2.24, 2.45) is 0 Å². The van der Waals surface area contributed by atoms with Gasteiger partial charge in [0.15, 0.2) is 0 Å². The summed E-state index contributed by atoms with van der Waals surface area (Å²) in [5.74, 6) is 0. The molecule has 0 aliphatic rings. The average Bonchev–Trinajstić information content (AvgIpc) is 1.61. The predicted octanol–water partition coefficient (Wildman–Crippen LogP) is -1.81. The van der Waals surface area contributed by atoms with Crippen LogP contribution in [0.15, 0.2) is 0 Å². The molecule has 0 amide bonds. The molecule has 0 aromatic heterocycles. The van der Waals surface area contributed by atoms with E-state index in [-0.39, 0.29) is 18.4 Å². The third-order valence-electron chi connectivity index (χ3n) is 0.994. The molecule has 0 unspecified atom stereocenters. The maximum Gasteiger partial charge on any atom is 0.0961 e. The highest BCUT2D eigenvalue weighted by molar-refractivity contribution is 6.97. The first-order valence-electron chi connectivity index (χ1n) is 2.92. The molecule has 2 nitrogen and oxygen atoms in total. The van der Waals surface area contributed by atoms with Crippen molar-refractivity contribution in [1.29, 1.82) is 0 Å². The lowest BCUT2D eigenvalue weighted by atomic mass is 11.3. The second-order valence-electron chi connectivity index (χ2n) is 2.61. The number of rotatable bonds is 3. The second-order valence-corrected chi connectivity index (χ2v) is 8.71. The normalized spacial score (nSPS) is 14.2. The Kier molecular flexibility index (Phi) is 4.44. The van der Waals surface area contributed by atoms with E-state index in [1.54, 1.807) is 0 Å². The van der Waals surface area contributed by atoms with E-state index >= 15 is 0 Å². The molecule has 0 bridgehead atoms. The highest BCUT2D eigenvalue weighted by Gasteiger charge is 1.92. The van der Waals surface area contributed by atoms with Crippen molar-refractivity contribution in [3.05, 3.63) is 0 Å². The fourth-order valence-electron chi connectivity index (χ4n) is 0.400. The standard InChI is InChI=1S/C4H16N2Si2/c1-5(2)7-8-6(3)4/h7-8H2,1-4H3. The monoisotopic (exact) mass is 148 g/mol. The smallest absolute Gasteiger partial charge is 0.0961 e. The Morgan fingerprint density at radius 3 is 1.12 bits per heavy atom. The molecule has 0 saturated carbocycles. The Hall–Kier alpha value is 0.354. The number of hydrogen-bond acceptors (Lipinski definition) is 2. The van der Waals surface area contributed by atoms with E-state index in [1.807, 2.05) is 0 Å². The Bertz CT molecular complexity index is 48.0. The van der Waals surface area contributed by atoms with Crippen molar-refractivity contribution < 1.29 is 0 Å². The zero-order valence-electron chi connectivity index (χ0n) is 6.31. The van der Waals surface area contributed by atoms with Crippen molar-refractivity contribution in [2.75, 3.05) is 28.2 Å². The largest absolute Gasteiger partial charge is 0.336 e. The minimum atomic E-state index is 0.197. The fourth-order valence-corrected chi connectivity index (χ4v) is 3.60. The van der Waals surface area contributed by atoms with Crippen molar-refractivity contribution in [3.63, 3.8) is 0 Å². The lowest BCUT2D eigenvalue weighted by Crippen LogP contribution is -2.32. The lowest BCUT2D eigenvalue weighted by Gasteiger charge is -2.11. The van der Waals surface area contributed by atoms with Gasteiger partial charge in [0.05, 0.1) is 18.4 Å². The van der Waals surface area contributed by atoms with Gasteiger partial charge in [0.2, 0.25) is 0 Å². The molecule has 0 N–H and O–H groups in total. The van der Waals surface area contributed by atoms with Crippen LogP contribution in [0.1, 0.15) is 0 Å². The van der Waals surface area contributed by atoms with Crippen LogP contribution in [-0.4, -0.2) is 55.7 Å². The van der Waals surface area contributed by atoms with Crippen LogP contribution >= 0.6 is 0 Å². The molecule has 0 aliphatic carbocycles. The summed E-state index contributed by atoms with van der Waals surface area (Å²) >= 11 is 0. The molecular formula is C4H16N2Si2. The summed E-state index contributed by atoms with van der Waals surface area (Å²) in [6.45, 7) is 0. The summed E-state index contributed by atoms with van der Waals surface area (Å²) in [6, 6.07) is 0. The van der Waals surface area contributed by atoms with Gasteiger partial charge in [-0.05, 0) is 28.2 Å². The Labute approximate surface area is 56.5 Å². The summed E-state index contributed by atoms with van der Waals surface area (Å²) in [5, 5.41) is 0. The lowest BCUT2D eigenvalue weighted by molar-refractivity contribution is 0.647. The van der Waals surface area contributed by atoms with Gasteiger partial charge in [0, 0.05) is 0 Å².